The third kappa shape index (κ3) is 1.99. The number of hydrogen-bond acceptors (Lipinski definition) is 4. The van der Waals surface area contributed by atoms with Crippen LogP contribution in [0.2, 0.25) is 0 Å². The van der Waals surface area contributed by atoms with E-state index in [1.807, 2.05) is 12.1 Å². The van der Waals surface area contributed by atoms with Crippen molar-refractivity contribution in [3.05, 3.63) is 53.6 Å². The van der Waals surface area contributed by atoms with Crippen LogP contribution in [-0.2, 0) is 0 Å². The second-order valence-corrected chi connectivity index (χ2v) is 4.63. The number of fused-ring (bicyclic) bond motifs is 1. The first-order valence-corrected chi connectivity index (χ1v) is 6.35. The molecule has 4 heteroatoms. The van der Waals surface area contributed by atoms with Crippen molar-refractivity contribution in [1.82, 2.24) is 0 Å². The zero-order valence-electron chi connectivity index (χ0n) is 11.0. The number of aromatic hydroxyl groups is 1. The summed E-state index contributed by atoms with van der Waals surface area (Å²) in [6.45, 7) is 0. The summed E-state index contributed by atoms with van der Waals surface area (Å²) in [7, 11) is 1.48. The van der Waals surface area contributed by atoms with E-state index in [1.54, 1.807) is 30.3 Å². The van der Waals surface area contributed by atoms with Crippen LogP contribution in [0.4, 0.5) is 0 Å². The maximum atomic E-state index is 12.2. The molecule has 1 N–H and O–H groups in total. The van der Waals surface area contributed by atoms with Crippen molar-refractivity contribution in [2.45, 2.75) is 12.5 Å². The Bertz CT molecular complexity index is 663. The highest BCUT2D eigenvalue weighted by atomic mass is 16.5. The number of ketones is 1. The average Bonchev–Trinajstić information content (AvgIpc) is 2.47. The van der Waals surface area contributed by atoms with E-state index in [4.69, 9.17) is 9.47 Å². The molecule has 1 atom stereocenters. The second kappa shape index (κ2) is 4.89. The summed E-state index contributed by atoms with van der Waals surface area (Å²) < 4.78 is 11.1. The van der Waals surface area contributed by atoms with E-state index in [1.165, 1.54) is 7.11 Å². The molecule has 1 aliphatic rings. The number of ether oxygens (including phenoxy) is 2. The Kier molecular flexibility index (Phi) is 3.06. The van der Waals surface area contributed by atoms with Gasteiger partial charge in [0.2, 0.25) is 0 Å². The molecule has 2 aromatic carbocycles. The Morgan fingerprint density at radius 2 is 2.00 bits per heavy atom. The van der Waals surface area contributed by atoms with Crippen molar-refractivity contribution in [3.8, 4) is 17.2 Å². The smallest absolute Gasteiger partial charge is 0.170 e. The molecule has 20 heavy (non-hydrogen) atoms. The van der Waals surface area contributed by atoms with Gasteiger partial charge in [-0.3, -0.25) is 4.79 Å². The van der Waals surface area contributed by atoms with Crippen molar-refractivity contribution in [3.63, 3.8) is 0 Å². The monoisotopic (exact) mass is 270 g/mol. The highest BCUT2D eigenvalue weighted by molar-refractivity contribution is 6.00. The molecular weight excluding hydrogens is 256 g/mol. The van der Waals surface area contributed by atoms with E-state index >= 15 is 0 Å². The molecule has 0 aromatic heterocycles. The lowest BCUT2D eigenvalue weighted by atomic mass is 9.95. The van der Waals surface area contributed by atoms with E-state index in [9.17, 15) is 9.90 Å². The number of rotatable bonds is 2. The minimum atomic E-state index is -0.445. The van der Waals surface area contributed by atoms with Gasteiger partial charge in [-0.1, -0.05) is 24.3 Å². The largest absolute Gasteiger partial charge is 0.504 e. The van der Waals surface area contributed by atoms with Gasteiger partial charge in [-0.25, -0.2) is 0 Å². The number of benzene rings is 2. The molecule has 102 valence electrons. The number of carbonyl (C=O) groups is 1. The van der Waals surface area contributed by atoms with Gasteiger partial charge in [-0.15, -0.1) is 0 Å². The van der Waals surface area contributed by atoms with E-state index in [0.717, 1.165) is 0 Å². The molecule has 0 spiro atoms. The third-order valence-electron chi connectivity index (χ3n) is 3.40. The molecule has 0 amide bonds. The molecular formula is C16H14O4. The van der Waals surface area contributed by atoms with Gasteiger partial charge in [-0.05, 0) is 18.2 Å². The second-order valence-electron chi connectivity index (χ2n) is 4.63. The SMILES string of the molecule is COc1c(O)cccc1C1CC(=O)c2ccccc2O1. The summed E-state index contributed by atoms with van der Waals surface area (Å²) >= 11 is 0. The van der Waals surface area contributed by atoms with Crippen LogP contribution in [0.3, 0.4) is 0 Å². The molecule has 0 saturated carbocycles. The van der Waals surface area contributed by atoms with Crippen LogP contribution in [-0.4, -0.2) is 18.0 Å². The van der Waals surface area contributed by atoms with Crippen molar-refractivity contribution in [2.75, 3.05) is 7.11 Å². The van der Waals surface area contributed by atoms with Crippen LogP contribution in [0, 0.1) is 0 Å². The summed E-state index contributed by atoms with van der Waals surface area (Å²) in [5.74, 6) is 0.992. The number of phenolic OH excluding ortho intramolecular Hbond substituents is 1. The summed E-state index contributed by atoms with van der Waals surface area (Å²) in [4.78, 5) is 12.2. The number of hydrogen-bond donors (Lipinski definition) is 1. The van der Waals surface area contributed by atoms with Gasteiger partial charge in [0.05, 0.1) is 19.1 Å². The topological polar surface area (TPSA) is 55.8 Å². The lowest BCUT2D eigenvalue weighted by Crippen LogP contribution is -2.20. The van der Waals surface area contributed by atoms with Crippen LogP contribution >= 0.6 is 0 Å². The Balaban J connectivity index is 2.02. The number of carbonyl (C=O) groups excluding carboxylic acids is 1. The molecule has 0 aliphatic carbocycles. The van der Waals surface area contributed by atoms with Gasteiger partial charge in [-0.2, -0.15) is 0 Å². The fourth-order valence-electron chi connectivity index (χ4n) is 2.46. The van der Waals surface area contributed by atoms with Gasteiger partial charge in [0.15, 0.2) is 17.3 Å². The number of methoxy groups -OCH3 is 1. The van der Waals surface area contributed by atoms with Crippen LogP contribution in [0.1, 0.15) is 28.4 Å². The van der Waals surface area contributed by atoms with E-state index in [0.29, 0.717) is 22.6 Å². The number of phenols is 1. The van der Waals surface area contributed by atoms with Gasteiger partial charge < -0.3 is 14.6 Å². The lowest BCUT2D eigenvalue weighted by Gasteiger charge is -2.26. The summed E-state index contributed by atoms with van der Waals surface area (Å²) in [6.07, 6.45) is -0.212. The van der Waals surface area contributed by atoms with Gasteiger partial charge >= 0.3 is 0 Å². The minimum Gasteiger partial charge on any atom is -0.504 e. The molecule has 0 radical (unpaired) electrons. The Hall–Kier alpha value is -2.49. The first-order valence-electron chi connectivity index (χ1n) is 6.35. The zero-order valence-corrected chi connectivity index (χ0v) is 11.0. The highest BCUT2D eigenvalue weighted by Gasteiger charge is 2.29. The molecule has 2 aromatic rings. The molecule has 3 rings (SSSR count). The van der Waals surface area contributed by atoms with Gasteiger partial charge in [0, 0.05) is 5.56 Å². The van der Waals surface area contributed by atoms with Crippen molar-refractivity contribution >= 4 is 5.78 Å². The van der Waals surface area contributed by atoms with E-state index < -0.39 is 6.10 Å². The molecule has 1 heterocycles. The highest BCUT2D eigenvalue weighted by Crippen LogP contribution is 2.41. The predicted octanol–water partition coefficient (Wildman–Crippen LogP) is 3.11. The molecule has 1 aliphatic heterocycles. The normalized spacial score (nSPS) is 17.2. The summed E-state index contributed by atoms with van der Waals surface area (Å²) in [5.41, 5.74) is 1.28. The summed E-state index contributed by atoms with van der Waals surface area (Å²) in [6, 6.07) is 12.2. The third-order valence-corrected chi connectivity index (χ3v) is 3.40. The summed E-state index contributed by atoms with van der Waals surface area (Å²) in [5, 5.41) is 9.82. The standard InChI is InChI=1S/C16H14O4/c1-19-16-11(6-4-7-12(16)17)15-9-13(18)10-5-2-3-8-14(10)20-15/h2-8,15,17H,9H2,1H3. The first-order chi connectivity index (χ1) is 9.70. The maximum absolute atomic E-state index is 12.2. The Labute approximate surface area is 116 Å². The maximum Gasteiger partial charge on any atom is 0.170 e. The van der Waals surface area contributed by atoms with Crippen molar-refractivity contribution < 1.29 is 19.4 Å². The van der Waals surface area contributed by atoms with Crippen LogP contribution < -0.4 is 9.47 Å². The van der Waals surface area contributed by atoms with E-state index in [-0.39, 0.29) is 18.0 Å². The molecule has 1 unspecified atom stereocenters. The Morgan fingerprint density at radius 1 is 1.20 bits per heavy atom. The minimum absolute atomic E-state index is 0.0299. The predicted molar refractivity (Wildman–Crippen MR) is 73.4 cm³/mol. The quantitative estimate of drug-likeness (QED) is 0.911. The van der Waals surface area contributed by atoms with Crippen LogP contribution in [0.15, 0.2) is 42.5 Å². The van der Waals surface area contributed by atoms with Crippen molar-refractivity contribution in [1.29, 1.82) is 0 Å². The average molecular weight is 270 g/mol. The Morgan fingerprint density at radius 3 is 2.80 bits per heavy atom. The molecule has 4 nitrogen and oxygen atoms in total. The van der Waals surface area contributed by atoms with E-state index in [2.05, 4.69) is 0 Å². The van der Waals surface area contributed by atoms with Crippen molar-refractivity contribution in [2.24, 2.45) is 0 Å². The molecule has 0 saturated heterocycles. The molecule has 0 fully saturated rings. The fraction of sp³-hybridized carbons (Fsp3) is 0.188. The first kappa shape index (κ1) is 12.5. The van der Waals surface area contributed by atoms with Crippen LogP contribution in [0.25, 0.3) is 0 Å². The fourth-order valence-corrected chi connectivity index (χ4v) is 2.46. The number of para-hydroxylation sites is 2. The van der Waals surface area contributed by atoms with Gasteiger partial charge in [0.25, 0.3) is 0 Å². The lowest BCUT2D eigenvalue weighted by molar-refractivity contribution is 0.0846. The molecule has 0 bridgehead atoms. The zero-order chi connectivity index (χ0) is 14.1. The number of Topliss-reactive ketones (excluding diaryl/α,β-unsaturated/α-hetero) is 1. The van der Waals surface area contributed by atoms with Gasteiger partial charge in [0.1, 0.15) is 11.9 Å². The van der Waals surface area contributed by atoms with Crippen LogP contribution in [0.5, 0.6) is 17.2 Å².